The van der Waals surface area contributed by atoms with Gasteiger partial charge in [-0.05, 0) is 17.7 Å². The Morgan fingerprint density at radius 2 is 1.77 bits per heavy atom. The van der Waals surface area contributed by atoms with Crippen LogP contribution >= 0.6 is 0 Å². The van der Waals surface area contributed by atoms with Gasteiger partial charge in [-0.1, -0.05) is 48.5 Å². The molecule has 0 aliphatic carbocycles. The van der Waals surface area contributed by atoms with Crippen molar-refractivity contribution < 1.29 is 0 Å². The molecule has 0 N–H and O–H groups in total. The van der Waals surface area contributed by atoms with Crippen LogP contribution in [0.25, 0.3) is 27.2 Å². The fraction of sp³-hybridized carbons (Fsp3) is 0. The van der Waals surface area contributed by atoms with Crippen LogP contribution in [0.1, 0.15) is 5.56 Å². The molecular weight excluding hydrogens is 270 g/mol. The lowest BCUT2D eigenvalue weighted by molar-refractivity contribution is 1.32. The molecule has 0 aliphatic rings. The highest BCUT2D eigenvalue weighted by molar-refractivity contribution is 5.78. The quantitative estimate of drug-likeness (QED) is 0.631. The monoisotopic (exact) mass is 281 g/mol. The molecule has 0 unspecified atom stereocenters. The van der Waals surface area contributed by atoms with Gasteiger partial charge in [-0.2, -0.15) is 5.26 Å². The van der Waals surface area contributed by atoms with Crippen molar-refractivity contribution >= 4 is 5.69 Å². The molecule has 2 aromatic carbocycles. The molecule has 0 saturated carbocycles. The lowest BCUT2D eigenvalue weighted by Crippen LogP contribution is -1.86. The van der Waals surface area contributed by atoms with E-state index in [1.165, 1.54) is 0 Å². The molecule has 0 saturated heterocycles. The number of rotatable bonds is 2. The smallest absolute Gasteiger partial charge is 0.196 e. The first kappa shape index (κ1) is 13.5. The topological polar surface area (TPSA) is 41.0 Å². The van der Waals surface area contributed by atoms with Crippen LogP contribution in [0, 0.1) is 17.9 Å². The van der Waals surface area contributed by atoms with Crippen LogP contribution in [-0.4, -0.2) is 4.98 Å². The molecule has 3 nitrogen and oxygen atoms in total. The molecule has 0 fully saturated rings. The molecule has 102 valence electrons. The fourth-order valence-electron chi connectivity index (χ4n) is 2.26. The minimum Gasteiger partial charge on any atom is -0.257 e. The summed E-state index contributed by atoms with van der Waals surface area (Å²) in [6, 6.07) is 21.0. The van der Waals surface area contributed by atoms with Crippen LogP contribution in [-0.2, 0) is 0 Å². The first-order chi connectivity index (χ1) is 10.8. The van der Waals surface area contributed by atoms with Crippen molar-refractivity contribution in [1.29, 1.82) is 5.26 Å². The molecular formula is C19H11N3. The predicted octanol–water partition coefficient (Wildman–Crippen LogP) is 4.84. The van der Waals surface area contributed by atoms with Crippen molar-refractivity contribution in [1.82, 2.24) is 4.98 Å². The Morgan fingerprint density at radius 1 is 0.955 bits per heavy atom. The summed E-state index contributed by atoms with van der Waals surface area (Å²) in [5.74, 6) is 0. The maximum atomic E-state index is 9.02. The van der Waals surface area contributed by atoms with Gasteiger partial charge in [0.15, 0.2) is 5.69 Å². The van der Waals surface area contributed by atoms with Crippen LogP contribution in [0.4, 0.5) is 5.69 Å². The first-order valence-corrected chi connectivity index (χ1v) is 6.75. The third kappa shape index (κ3) is 2.57. The number of hydrogen-bond acceptors (Lipinski definition) is 2. The minimum absolute atomic E-state index is 0.499. The number of nitrogens with zero attached hydrogens (tertiary/aromatic N) is 3. The van der Waals surface area contributed by atoms with Gasteiger partial charge in [0.05, 0.1) is 23.9 Å². The normalized spacial score (nSPS) is 9.73. The van der Waals surface area contributed by atoms with E-state index in [9.17, 15) is 0 Å². The van der Waals surface area contributed by atoms with Crippen molar-refractivity contribution in [3.63, 3.8) is 0 Å². The van der Waals surface area contributed by atoms with Gasteiger partial charge in [0, 0.05) is 17.3 Å². The van der Waals surface area contributed by atoms with Gasteiger partial charge in [-0.25, -0.2) is 4.85 Å². The molecule has 22 heavy (non-hydrogen) atoms. The summed E-state index contributed by atoms with van der Waals surface area (Å²) in [5.41, 5.74) is 4.52. The third-order valence-corrected chi connectivity index (χ3v) is 3.39. The number of aromatic nitrogens is 1. The second kappa shape index (κ2) is 5.91. The Morgan fingerprint density at radius 3 is 2.41 bits per heavy atom. The van der Waals surface area contributed by atoms with E-state index >= 15 is 0 Å². The SMILES string of the molecule is [C-]#[N+]c1ccc(C#N)cc1-c1ccc(-c2ccccc2)cn1. The van der Waals surface area contributed by atoms with Crippen LogP contribution < -0.4 is 0 Å². The molecule has 1 aromatic heterocycles. The van der Waals surface area contributed by atoms with Crippen molar-refractivity contribution in [3.05, 3.63) is 83.8 Å². The Bertz CT molecular complexity index is 883. The summed E-state index contributed by atoms with van der Waals surface area (Å²) >= 11 is 0. The van der Waals surface area contributed by atoms with Crippen LogP contribution in [0.15, 0.2) is 66.9 Å². The van der Waals surface area contributed by atoms with Crippen molar-refractivity contribution in [3.8, 4) is 28.5 Å². The van der Waals surface area contributed by atoms with Gasteiger partial charge in [-0.3, -0.25) is 4.98 Å². The van der Waals surface area contributed by atoms with E-state index < -0.39 is 0 Å². The maximum Gasteiger partial charge on any atom is 0.196 e. The molecule has 0 aliphatic heterocycles. The summed E-state index contributed by atoms with van der Waals surface area (Å²) in [7, 11) is 0. The Balaban J connectivity index is 2.04. The average Bonchev–Trinajstić information content (AvgIpc) is 2.62. The van der Waals surface area contributed by atoms with Gasteiger partial charge < -0.3 is 0 Å². The summed E-state index contributed by atoms with van der Waals surface area (Å²) in [6.45, 7) is 7.25. The molecule has 0 spiro atoms. The highest BCUT2D eigenvalue weighted by Gasteiger charge is 2.08. The Hall–Kier alpha value is -3.43. The molecule has 0 amide bonds. The first-order valence-electron chi connectivity index (χ1n) is 6.75. The van der Waals surface area contributed by atoms with Gasteiger partial charge in [0.2, 0.25) is 0 Å². The van der Waals surface area contributed by atoms with Crippen LogP contribution in [0.3, 0.4) is 0 Å². The molecule has 0 atom stereocenters. The zero-order valence-corrected chi connectivity index (χ0v) is 11.7. The second-order valence-electron chi connectivity index (χ2n) is 4.75. The maximum absolute atomic E-state index is 9.02. The molecule has 0 radical (unpaired) electrons. The average molecular weight is 281 g/mol. The van der Waals surface area contributed by atoms with E-state index in [1.54, 1.807) is 24.4 Å². The lowest BCUT2D eigenvalue weighted by Gasteiger charge is -2.06. The predicted molar refractivity (Wildman–Crippen MR) is 86.1 cm³/mol. The van der Waals surface area contributed by atoms with Gasteiger partial charge in [0.25, 0.3) is 0 Å². The number of pyridine rings is 1. The minimum atomic E-state index is 0.499. The molecule has 3 rings (SSSR count). The standard InChI is InChI=1S/C19H11N3/c1-21-18-9-7-14(12-20)11-17(18)19-10-8-16(13-22-19)15-5-3-2-4-6-15/h2-11,13H. The number of nitriles is 1. The number of hydrogen-bond donors (Lipinski definition) is 0. The van der Waals surface area contributed by atoms with Crippen molar-refractivity contribution in [2.24, 2.45) is 0 Å². The van der Waals surface area contributed by atoms with Crippen LogP contribution in [0.2, 0.25) is 0 Å². The van der Waals surface area contributed by atoms with Crippen molar-refractivity contribution in [2.45, 2.75) is 0 Å². The molecule has 3 aromatic rings. The molecule has 3 heteroatoms. The summed E-state index contributed by atoms with van der Waals surface area (Å²) in [6.07, 6.45) is 1.79. The fourth-order valence-corrected chi connectivity index (χ4v) is 2.26. The molecule has 1 heterocycles. The molecule has 0 bridgehead atoms. The lowest BCUT2D eigenvalue weighted by atomic mass is 10.0. The Kier molecular flexibility index (Phi) is 3.64. The zero-order valence-electron chi connectivity index (χ0n) is 11.7. The third-order valence-electron chi connectivity index (χ3n) is 3.39. The van der Waals surface area contributed by atoms with Gasteiger partial charge >= 0.3 is 0 Å². The summed E-state index contributed by atoms with van der Waals surface area (Å²) < 4.78 is 0. The number of benzene rings is 2. The van der Waals surface area contributed by atoms with Gasteiger partial charge in [0.1, 0.15) is 0 Å². The van der Waals surface area contributed by atoms with E-state index in [0.29, 0.717) is 22.5 Å². The highest BCUT2D eigenvalue weighted by atomic mass is 14.7. The second-order valence-corrected chi connectivity index (χ2v) is 4.75. The highest BCUT2D eigenvalue weighted by Crippen LogP contribution is 2.31. The zero-order chi connectivity index (χ0) is 15.4. The Labute approximate surface area is 128 Å². The summed E-state index contributed by atoms with van der Waals surface area (Å²) in [4.78, 5) is 7.96. The van der Waals surface area contributed by atoms with E-state index in [-0.39, 0.29) is 0 Å². The van der Waals surface area contributed by atoms with E-state index in [0.717, 1.165) is 11.1 Å². The van der Waals surface area contributed by atoms with E-state index in [2.05, 4.69) is 15.9 Å². The van der Waals surface area contributed by atoms with E-state index in [4.69, 9.17) is 11.8 Å². The van der Waals surface area contributed by atoms with E-state index in [1.807, 2.05) is 42.5 Å². The van der Waals surface area contributed by atoms with Crippen molar-refractivity contribution in [2.75, 3.05) is 0 Å². The largest absolute Gasteiger partial charge is 0.257 e. The van der Waals surface area contributed by atoms with Gasteiger partial charge in [-0.15, -0.1) is 0 Å². The summed E-state index contributed by atoms with van der Waals surface area (Å²) in [5, 5.41) is 9.02. The van der Waals surface area contributed by atoms with Crippen LogP contribution in [0.5, 0.6) is 0 Å².